The van der Waals surface area contributed by atoms with Crippen molar-refractivity contribution < 1.29 is 9.90 Å². The molecule has 0 unspecified atom stereocenters. The second-order valence-electron chi connectivity index (χ2n) is 5.23. The third kappa shape index (κ3) is 3.78. The molecule has 1 aliphatic rings. The van der Waals surface area contributed by atoms with Gasteiger partial charge in [0.1, 0.15) is 0 Å². The zero-order valence-electron chi connectivity index (χ0n) is 11.3. The van der Waals surface area contributed by atoms with Crippen LogP contribution in [0.25, 0.3) is 0 Å². The highest BCUT2D eigenvalue weighted by molar-refractivity contribution is 5.79. The van der Waals surface area contributed by atoms with Gasteiger partial charge in [0.2, 0.25) is 5.91 Å². The first-order valence-corrected chi connectivity index (χ1v) is 6.90. The molecule has 0 bridgehead atoms. The number of carbonyl (C=O) groups is 1. The van der Waals surface area contributed by atoms with Gasteiger partial charge in [-0.3, -0.25) is 4.79 Å². The molecule has 1 aromatic carbocycles. The molecule has 4 nitrogen and oxygen atoms in total. The van der Waals surface area contributed by atoms with E-state index in [-0.39, 0.29) is 24.5 Å². The summed E-state index contributed by atoms with van der Waals surface area (Å²) in [5, 5.41) is 15.7. The van der Waals surface area contributed by atoms with Crippen LogP contribution in [-0.2, 0) is 4.79 Å². The lowest BCUT2D eigenvalue weighted by Gasteiger charge is -2.28. The van der Waals surface area contributed by atoms with Gasteiger partial charge in [0, 0.05) is 12.0 Å². The van der Waals surface area contributed by atoms with E-state index in [4.69, 9.17) is 0 Å². The number of hydrogen-bond acceptors (Lipinski definition) is 3. The van der Waals surface area contributed by atoms with E-state index in [1.54, 1.807) is 0 Å². The molecule has 1 saturated heterocycles. The summed E-state index contributed by atoms with van der Waals surface area (Å²) in [6.07, 6.45) is 1.72. The number of nitrogens with one attached hydrogen (secondary N) is 2. The van der Waals surface area contributed by atoms with Crippen LogP contribution in [-0.4, -0.2) is 30.2 Å². The molecular weight excluding hydrogens is 240 g/mol. The normalized spacial score (nSPS) is 24.7. The van der Waals surface area contributed by atoms with E-state index in [2.05, 4.69) is 17.6 Å². The molecule has 1 fully saturated rings. The number of aliphatic hydroxyl groups is 1. The summed E-state index contributed by atoms with van der Waals surface area (Å²) in [5.41, 5.74) is 0.945. The molecule has 3 N–H and O–H groups in total. The molecular formula is C15H22N2O2. The Morgan fingerprint density at radius 3 is 2.84 bits per heavy atom. The lowest BCUT2D eigenvalue weighted by atomic mass is 9.92. The average Bonchev–Trinajstić information content (AvgIpc) is 2.45. The molecule has 1 amide bonds. The van der Waals surface area contributed by atoms with Crippen molar-refractivity contribution in [2.45, 2.75) is 31.8 Å². The fourth-order valence-electron chi connectivity index (χ4n) is 2.58. The number of rotatable bonds is 4. The highest BCUT2D eigenvalue weighted by atomic mass is 16.3. The zero-order valence-corrected chi connectivity index (χ0v) is 11.3. The van der Waals surface area contributed by atoms with Crippen molar-refractivity contribution in [3.8, 4) is 0 Å². The summed E-state index contributed by atoms with van der Waals surface area (Å²) < 4.78 is 0. The van der Waals surface area contributed by atoms with Crippen LogP contribution < -0.4 is 10.6 Å². The minimum Gasteiger partial charge on any atom is -0.394 e. The van der Waals surface area contributed by atoms with Gasteiger partial charge in [0.25, 0.3) is 0 Å². The second-order valence-corrected chi connectivity index (χ2v) is 5.23. The third-order valence-corrected chi connectivity index (χ3v) is 3.70. The smallest absolute Gasteiger partial charge is 0.223 e. The summed E-state index contributed by atoms with van der Waals surface area (Å²) in [5.74, 6) is 0.102. The summed E-state index contributed by atoms with van der Waals surface area (Å²) >= 11 is 0. The summed E-state index contributed by atoms with van der Waals surface area (Å²) in [4.78, 5) is 12.2. The molecule has 104 valence electrons. The SMILES string of the molecule is C[C@H]1C[C@@H](C(=O)N[C@H](CO)c2ccccc2)CCN1. The van der Waals surface area contributed by atoms with Crippen molar-refractivity contribution >= 4 is 5.91 Å². The van der Waals surface area contributed by atoms with Crippen LogP contribution in [0.5, 0.6) is 0 Å². The lowest BCUT2D eigenvalue weighted by Crippen LogP contribution is -2.43. The maximum Gasteiger partial charge on any atom is 0.223 e. The number of carbonyl (C=O) groups excluding carboxylic acids is 1. The first-order chi connectivity index (χ1) is 9.20. The van der Waals surface area contributed by atoms with Gasteiger partial charge in [-0.1, -0.05) is 30.3 Å². The number of piperidine rings is 1. The molecule has 0 radical (unpaired) electrons. The predicted molar refractivity (Wildman–Crippen MR) is 74.6 cm³/mol. The van der Waals surface area contributed by atoms with Crippen LogP contribution in [0, 0.1) is 5.92 Å². The second kappa shape index (κ2) is 6.68. The number of aliphatic hydroxyl groups excluding tert-OH is 1. The Hall–Kier alpha value is -1.39. The van der Waals surface area contributed by atoms with Crippen LogP contribution in [0.15, 0.2) is 30.3 Å². The Morgan fingerprint density at radius 2 is 2.21 bits per heavy atom. The minimum atomic E-state index is -0.307. The van der Waals surface area contributed by atoms with Crippen molar-refractivity contribution in [2.75, 3.05) is 13.2 Å². The van der Waals surface area contributed by atoms with E-state index < -0.39 is 0 Å². The molecule has 1 aromatic rings. The molecule has 0 saturated carbocycles. The molecule has 0 spiro atoms. The Kier molecular flexibility index (Phi) is 4.93. The van der Waals surface area contributed by atoms with E-state index >= 15 is 0 Å². The molecule has 0 aromatic heterocycles. The van der Waals surface area contributed by atoms with Crippen LogP contribution in [0.2, 0.25) is 0 Å². The molecule has 1 heterocycles. The van der Waals surface area contributed by atoms with Gasteiger partial charge in [-0.15, -0.1) is 0 Å². The predicted octanol–water partition coefficient (Wildman–Crippen LogP) is 1.22. The Labute approximate surface area is 114 Å². The van der Waals surface area contributed by atoms with Gasteiger partial charge in [-0.05, 0) is 31.9 Å². The molecule has 3 atom stereocenters. The van der Waals surface area contributed by atoms with Crippen molar-refractivity contribution in [3.63, 3.8) is 0 Å². The monoisotopic (exact) mass is 262 g/mol. The Balaban J connectivity index is 1.96. The van der Waals surface area contributed by atoms with Crippen molar-refractivity contribution in [1.82, 2.24) is 10.6 Å². The van der Waals surface area contributed by atoms with E-state index in [9.17, 15) is 9.90 Å². The Morgan fingerprint density at radius 1 is 1.47 bits per heavy atom. The zero-order chi connectivity index (χ0) is 13.7. The summed E-state index contributed by atoms with van der Waals surface area (Å²) in [6.45, 7) is 2.91. The number of benzene rings is 1. The van der Waals surface area contributed by atoms with E-state index in [0.29, 0.717) is 6.04 Å². The maximum absolute atomic E-state index is 12.2. The molecule has 2 rings (SSSR count). The standard InChI is InChI=1S/C15H22N2O2/c1-11-9-13(7-8-16-11)15(19)17-14(10-18)12-5-3-2-4-6-12/h2-6,11,13-14,16,18H,7-10H2,1H3,(H,17,19)/t11-,13-,14+/m0/s1. The quantitative estimate of drug-likeness (QED) is 0.764. The summed E-state index contributed by atoms with van der Waals surface area (Å²) in [7, 11) is 0. The van der Waals surface area contributed by atoms with E-state index in [1.807, 2.05) is 30.3 Å². The van der Waals surface area contributed by atoms with Gasteiger partial charge in [-0.25, -0.2) is 0 Å². The fraction of sp³-hybridized carbons (Fsp3) is 0.533. The van der Waals surface area contributed by atoms with Crippen LogP contribution in [0.3, 0.4) is 0 Å². The van der Waals surface area contributed by atoms with Gasteiger partial charge < -0.3 is 15.7 Å². The minimum absolute atomic E-state index is 0.0500. The van der Waals surface area contributed by atoms with Crippen molar-refractivity contribution in [2.24, 2.45) is 5.92 Å². The Bertz CT molecular complexity index is 408. The van der Waals surface area contributed by atoms with Gasteiger partial charge >= 0.3 is 0 Å². The van der Waals surface area contributed by atoms with Crippen molar-refractivity contribution in [3.05, 3.63) is 35.9 Å². The van der Waals surface area contributed by atoms with Gasteiger partial charge in [0.05, 0.1) is 12.6 Å². The van der Waals surface area contributed by atoms with E-state index in [1.165, 1.54) is 0 Å². The van der Waals surface area contributed by atoms with E-state index in [0.717, 1.165) is 24.9 Å². The lowest BCUT2D eigenvalue weighted by molar-refractivity contribution is -0.127. The van der Waals surface area contributed by atoms with Crippen LogP contribution >= 0.6 is 0 Å². The van der Waals surface area contributed by atoms with Crippen LogP contribution in [0.4, 0.5) is 0 Å². The molecule has 1 aliphatic heterocycles. The third-order valence-electron chi connectivity index (χ3n) is 3.70. The van der Waals surface area contributed by atoms with Gasteiger partial charge in [0.15, 0.2) is 0 Å². The largest absolute Gasteiger partial charge is 0.394 e. The molecule has 0 aliphatic carbocycles. The van der Waals surface area contributed by atoms with Crippen LogP contribution in [0.1, 0.15) is 31.4 Å². The maximum atomic E-state index is 12.2. The highest BCUT2D eigenvalue weighted by Gasteiger charge is 2.26. The average molecular weight is 262 g/mol. The molecule has 19 heavy (non-hydrogen) atoms. The van der Waals surface area contributed by atoms with Gasteiger partial charge in [-0.2, -0.15) is 0 Å². The number of amides is 1. The highest BCUT2D eigenvalue weighted by Crippen LogP contribution is 2.18. The first kappa shape index (κ1) is 14.0. The fourth-order valence-corrected chi connectivity index (χ4v) is 2.58. The molecule has 4 heteroatoms. The van der Waals surface area contributed by atoms with Crippen molar-refractivity contribution in [1.29, 1.82) is 0 Å². The topological polar surface area (TPSA) is 61.4 Å². The summed E-state index contributed by atoms with van der Waals surface area (Å²) in [6, 6.07) is 9.67. The first-order valence-electron chi connectivity index (χ1n) is 6.90. The number of hydrogen-bond donors (Lipinski definition) is 3.